The fraction of sp³-hybridized carbons (Fsp3) is 0.618. The number of ketones is 1. The first-order valence-electron chi connectivity index (χ1n) is 16.2. The summed E-state index contributed by atoms with van der Waals surface area (Å²) in [5.41, 5.74) is 0.978. The van der Waals surface area contributed by atoms with Gasteiger partial charge in [-0.2, -0.15) is 0 Å². The van der Waals surface area contributed by atoms with Crippen LogP contribution < -0.4 is 21.5 Å². The molecule has 1 atom stereocenters. The lowest BCUT2D eigenvalue weighted by Gasteiger charge is -2.57. The molecule has 0 radical (unpaired) electrons. The van der Waals surface area contributed by atoms with Crippen LogP contribution >= 0.6 is 0 Å². The Hall–Kier alpha value is -3.69. The van der Waals surface area contributed by atoms with Crippen LogP contribution in [0.15, 0.2) is 35.5 Å². The molecule has 4 N–H and O–H groups in total. The molecule has 2 aromatic rings. The quantitative estimate of drug-likeness (QED) is 0.267. The number of pyridine rings is 1. The van der Waals surface area contributed by atoms with E-state index in [0.29, 0.717) is 24.1 Å². The number of aromatic amines is 1. The number of likely N-dealkylation sites (N-methyl/N-ethyl adjacent to an activating group) is 1. The minimum atomic E-state index is -1.15. The second-order valence-corrected chi connectivity index (χ2v) is 14.5. The van der Waals surface area contributed by atoms with Gasteiger partial charge in [0.1, 0.15) is 11.7 Å². The fourth-order valence-corrected chi connectivity index (χ4v) is 8.31. The minimum Gasteiger partial charge on any atom is -0.367 e. The van der Waals surface area contributed by atoms with Gasteiger partial charge in [0, 0.05) is 38.1 Å². The Morgan fingerprint density at radius 1 is 1.05 bits per heavy atom. The van der Waals surface area contributed by atoms with Crippen molar-refractivity contribution in [1.82, 2.24) is 20.2 Å². The third kappa shape index (κ3) is 7.00. The number of carbonyl (C=O) groups excluding carboxylic acids is 4. The standard InChI is InChI=1S/C34H47N5O5/c1-5-36-31(43)28(40)9-8-26(37-29(41)24-19-35-20-25(24)33(2,3)4)30(42)38-27-7-6-11-39(32(27)44)12-10-34-16-21-13-22(17-34)15-23(14-21)18-34/h6-7,11,19-23,26,35H,5,8-10,12-18H2,1-4H3,(H,36,43)(H,37,41)(H,38,42)/t21?,22?,23?,26-,34?/m0/s1. The molecule has 4 aliphatic rings. The van der Waals surface area contributed by atoms with Crippen LogP contribution in [0, 0.1) is 23.2 Å². The van der Waals surface area contributed by atoms with Crippen LogP contribution in [0.2, 0.25) is 0 Å². The maximum Gasteiger partial charge on any atom is 0.287 e. The molecule has 6 rings (SSSR count). The summed E-state index contributed by atoms with van der Waals surface area (Å²) in [6.45, 7) is 8.54. The minimum absolute atomic E-state index is 0.101. The Kier molecular flexibility index (Phi) is 9.18. The monoisotopic (exact) mass is 605 g/mol. The lowest BCUT2D eigenvalue weighted by atomic mass is 9.49. The van der Waals surface area contributed by atoms with Gasteiger partial charge in [-0.1, -0.05) is 20.8 Å². The molecule has 3 amide bonds. The van der Waals surface area contributed by atoms with E-state index in [0.717, 1.165) is 29.7 Å². The molecular weight excluding hydrogens is 558 g/mol. The molecule has 2 aromatic heterocycles. The molecule has 4 fully saturated rings. The molecule has 0 aromatic carbocycles. The molecule has 0 unspecified atom stereocenters. The number of aromatic nitrogens is 2. The zero-order valence-electron chi connectivity index (χ0n) is 26.5. The smallest absolute Gasteiger partial charge is 0.287 e. The summed E-state index contributed by atoms with van der Waals surface area (Å²) in [5.74, 6) is -0.0100. The number of hydrogen-bond acceptors (Lipinski definition) is 5. The van der Waals surface area contributed by atoms with Crippen LogP contribution in [-0.4, -0.2) is 45.6 Å². The van der Waals surface area contributed by atoms with Gasteiger partial charge in [0.05, 0.1) is 5.56 Å². The van der Waals surface area contributed by atoms with Gasteiger partial charge >= 0.3 is 0 Å². The van der Waals surface area contributed by atoms with Gasteiger partial charge < -0.3 is 25.5 Å². The van der Waals surface area contributed by atoms with Crippen molar-refractivity contribution < 1.29 is 19.2 Å². The molecule has 0 aliphatic heterocycles. The van der Waals surface area contributed by atoms with Crippen LogP contribution in [0.25, 0.3) is 0 Å². The Morgan fingerprint density at radius 2 is 1.70 bits per heavy atom. The third-order valence-electron chi connectivity index (χ3n) is 10.00. The summed E-state index contributed by atoms with van der Waals surface area (Å²) in [5, 5.41) is 7.93. The van der Waals surface area contributed by atoms with Crippen molar-refractivity contribution in [3.8, 4) is 0 Å². The van der Waals surface area contributed by atoms with E-state index in [1.54, 1.807) is 42.2 Å². The Labute approximate surface area is 259 Å². The first-order valence-corrected chi connectivity index (χ1v) is 16.2. The summed E-state index contributed by atoms with van der Waals surface area (Å²) in [4.78, 5) is 67.8. The number of anilines is 1. The van der Waals surface area contributed by atoms with Gasteiger partial charge in [-0.15, -0.1) is 0 Å². The highest BCUT2D eigenvalue weighted by molar-refractivity contribution is 6.36. The lowest BCUT2D eigenvalue weighted by molar-refractivity contribution is -0.138. The molecule has 4 aliphatic carbocycles. The number of rotatable bonds is 12. The lowest BCUT2D eigenvalue weighted by Crippen LogP contribution is -2.46. The SMILES string of the molecule is CCNC(=O)C(=O)CC[C@H](NC(=O)c1c[nH]cc1C(C)(C)C)C(=O)Nc1cccn(CCC23CC4CC(CC(C4)C2)C3)c1=O. The molecule has 2 heterocycles. The van der Waals surface area contributed by atoms with E-state index >= 15 is 0 Å². The zero-order valence-corrected chi connectivity index (χ0v) is 26.5. The predicted molar refractivity (Wildman–Crippen MR) is 168 cm³/mol. The molecule has 238 valence electrons. The van der Waals surface area contributed by atoms with Crippen LogP contribution in [0.5, 0.6) is 0 Å². The second kappa shape index (κ2) is 12.7. The number of nitrogens with zero attached hydrogens (tertiary/aromatic N) is 1. The number of carbonyl (C=O) groups is 4. The third-order valence-corrected chi connectivity index (χ3v) is 10.00. The van der Waals surface area contributed by atoms with Gasteiger partial charge in [0.25, 0.3) is 17.4 Å². The Balaban J connectivity index is 1.29. The predicted octanol–water partition coefficient (Wildman–Crippen LogP) is 4.30. The van der Waals surface area contributed by atoms with E-state index in [4.69, 9.17) is 0 Å². The fourth-order valence-electron chi connectivity index (χ4n) is 8.31. The normalized spacial score (nSPS) is 24.5. The summed E-state index contributed by atoms with van der Waals surface area (Å²) < 4.78 is 1.68. The number of aryl methyl sites for hydroxylation is 1. The van der Waals surface area contributed by atoms with Crippen molar-refractivity contribution in [2.24, 2.45) is 23.2 Å². The highest BCUT2D eigenvalue weighted by Gasteiger charge is 2.50. The van der Waals surface area contributed by atoms with E-state index in [1.165, 1.54) is 38.5 Å². The number of Topliss-reactive ketones (excluding diaryl/α,β-unsaturated/α-hetero) is 1. The van der Waals surface area contributed by atoms with Crippen molar-refractivity contribution >= 4 is 29.2 Å². The molecule has 10 heteroatoms. The van der Waals surface area contributed by atoms with Crippen molar-refractivity contribution in [3.05, 3.63) is 52.2 Å². The molecule has 0 spiro atoms. The van der Waals surface area contributed by atoms with Crippen LogP contribution in [0.4, 0.5) is 5.69 Å². The average Bonchev–Trinajstić information content (AvgIpc) is 3.46. The van der Waals surface area contributed by atoms with E-state index in [1.807, 2.05) is 20.8 Å². The molecule has 10 nitrogen and oxygen atoms in total. The zero-order chi connectivity index (χ0) is 31.6. The summed E-state index contributed by atoms with van der Waals surface area (Å²) >= 11 is 0. The average molecular weight is 606 g/mol. The van der Waals surface area contributed by atoms with Crippen LogP contribution in [0.1, 0.15) is 101 Å². The first kappa shape index (κ1) is 31.7. The highest BCUT2D eigenvalue weighted by atomic mass is 16.2. The van der Waals surface area contributed by atoms with Crippen molar-refractivity contribution in [1.29, 1.82) is 0 Å². The van der Waals surface area contributed by atoms with Gasteiger partial charge in [0.15, 0.2) is 0 Å². The second-order valence-electron chi connectivity index (χ2n) is 14.5. The molecule has 4 saturated carbocycles. The number of hydrogen-bond donors (Lipinski definition) is 4. The largest absolute Gasteiger partial charge is 0.367 e. The summed E-state index contributed by atoms with van der Waals surface area (Å²) in [7, 11) is 0. The summed E-state index contributed by atoms with van der Waals surface area (Å²) in [6, 6.07) is 2.16. The van der Waals surface area contributed by atoms with Gasteiger partial charge in [-0.05, 0) is 105 Å². The molecule has 44 heavy (non-hydrogen) atoms. The molecule has 4 bridgehead atoms. The Bertz CT molecular complexity index is 1430. The number of amides is 3. The maximum absolute atomic E-state index is 13.6. The highest BCUT2D eigenvalue weighted by Crippen LogP contribution is 2.61. The van der Waals surface area contributed by atoms with Gasteiger partial charge in [-0.25, -0.2) is 0 Å². The number of H-pyrrole nitrogens is 1. The van der Waals surface area contributed by atoms with Gasteiger partial charge in [-0.3, -0.25) is 24.0 Å². The van der Waals surface area contributed by atoms with Crippen molar-refractivity contribution in [3.63, 3.8) is 0 Å². The molecule has 0 saturated heterocycles. The van der Waals surface area contributed by atoms with E-state index in [2.05, 4.69) is 20.9 Å². The van der Waals surface area contributed by atoms with E-state index < -0.39 is 29.5 Å². The van der Waals surface area contributed by atoms with Crippen molar-refractivity contribution in [2.75, 3.05) is 11.9 Å². The molecular formula is C34H47N5O5. The Morgan fingerprint density at radius 3 is 2.32 bits per heavy atom. The van der Waals surface area contributed by atoms with Gasteiger partial charge in [0.2, 0.25) is 11.7 Å². The van der Waals surface area contributed by atoms with E-state index in [-0.39, 0.29) is 29.5 Å². The van der Waals surface area contributed by atoms with Crippen LogP contribution in [-0.2, 0) is 26.3 Å². The first-order chi connectivity index (χ1) is 20.9. The summed E-state index contributed by atoms with van der Waals surface area (Å²) in [6.07, 6.45) is 13.6. The van der Waals surface area contributed by atoms with E-state index in [9.17, 15) is 24.0 Å². The topological polar surface area (TPSA) is 142 Å². The maximum atomic E-state index is 13.6. The van der Waals surface area contributed by atoms with Crippen molar-refractivity contribution in [2.45, 2.75) is 103 Å². The van der Waals surface area contributed by atoms with Crippen LogP contribution in [0.3, 0.4) is 0 Å². The number of nitrogens with one attached hydrogen (secondary N) is 4.